The molecule has 3 aliphatic heterocycles. The van der Waals surface area contributed by atoms with E-state index < -0.39 is 76.9 Å². The molecule has 5 rings (SSSR count). The lowest BCUT2D eigenvalue weighted by atomic mass is 9.69. The number of fused-ring (bicyclic) bond motifs is 1. The first-order valence-electron chi connectivity index (χ1n) is 19.7. The number of ether oxygens (including phenoxy) is 5. The highest BCUT2D eigenvalue weighted by atomic mass is 32.1. The van der Waals surface area contributed by atoms with Crippen molar-refractivity contribution in [3.05, 3.63) is 47.9 Å². The van der Waals surface area contributed by atoms with Gasteiger partial charge in [-0.2, -0.15) is 0 Å². The van der Waals surface area contributed by atoms with E-state index in [2.05, 4.69) is 28.4 Å². The Morgan fingerprint density at radius 3 is 2.40 bits per heavy atom. The molecule has 12 nitrogen and oxygen atoms in total. The van der Waals surface area contributed by atoms with E-state index in [-0.39, 0.29) is 49.8 Å². The van der Waals surface area contributed by atoms with Gasteiger partial charge in [0.05, 0.1) is 24.4 Å². The minimum atomic E-state index is -3.13. The number of thiophene rings is 1. The van der Waals surface area contributed by atoms with E-state index in [1.807, 2.05) is 43.4 Å². The molecule has 13 atom stereocenters. The van der Waals surface area contributed by atoms with Gasteiger partial charge in [0.1, 0.15) is 30.2 Å². The number of alkyl halides is 1. The second-order valence-electron chi connectivity index (χ2n) is 16.7. The summed E-state index contributed by atoms with van der Waals surface area (Å²) in [6.07, 6.45) is -1.09. The largest absolute Gasteiger partial charge is 0.457 e. The molecular formula is C43H58FN3O9S. The van der Waals surface area contributed by atoms with Crippen LogP contribution in [-0.4, -0.2) is 118 Å². The molecular weight excluding hydrogens is 754 g/mol. The van der Waals surface area contributed by atoms with Gasteiger partial charge >= 0.3 is 5.97 Å². The third kappa shape index (κ3) is 9.25. The van der Waals surface area contributed by atoms with Gasteiger partial charge in [0.2, 0.25) is 5.82 Å². The molecule has 3 saturated heterocycles. The van der Waals surface area contributed by atoms with Crippen LogP contribution in [-0.2, 0) is 38.1 Å². The zero-order chi connectivity index (χ0) is 42.0. The molecule has 0 aliphatic carbocycles. The number of carbonyl (C=O) groups excluding carboxylic acids is 3. The highest BCUT2D eigenvalue weighted by Gasteiger charge is 2.58. The molecule has 3 aliphatic rings. The van der Waals surface area contributed by atoms with Gasteiger partial charge in [0, 0.05) is 52.5 Å². The predicted octanol–water partition coefficient (Wildman–Crippen LogP) is 5.60. The summed E-state index contributed by atoms with van der Waals surface area (Å²) in [5, 5.41) is 13.5. The number of cyclic esters (lactones) is 1. The van der Waals surface area contributed by atoms with Crippen molar-refractivity contribution in [3.63, 3.8) is 0 Å². The van der Waals surface area contributed by atoms with E-state index in [1.54, 1.807) is 58.3 Å². The third-order valence-electron chi connectivity index (χ3n) is 12.0. The Bertz CT molecular complexity index is 1830. The SMILES string of the molecule is C=C1CO[C@]2(C)[C@@H](CC)OC(=O)C(C)(F)C(=O)[C@H](C)[C@@H](O[C@@H]3O[C@H](C)C[C@H](N(C)C)[C@H]3O)[C@](C)(OCC#Cc3ncc(-c4cccs4)cn3)C[C@@H](C)C(=O)C(C)[C@H]12. The molecule has 312 valence electrons. The fourth-order valence-electron chi connectivity index (χ4n) is 8.93. The minimum Gasteiger partial charge on any atom is -0.457 e. The van der Waals surface area contributed by atoms with Crippen molar-refractivity contribution in [2.75, 3.05) is 27.3 Å². The Morgan fingerprint density at radius 1 is 1.11 bits per heavy atom. The van der Waals surface area contributed by atoms with E-state index in [1.165, 1.54) is 6.92 Å². The van der Waals surface area contributed by atoms with Gasteiger partial charge in [-0.1, -0.05) is 46.3 Å². The van der Waals surface area contributed by atoms with Crippen molar-refractivity contribution in [1.82, 2.24) is 14.9 Å². The minimum absolute atomic E-state index is 0.0109. The smallest absolute Gasteiger partial charge is 0.351 e. The molecule has 5 heterocycles. The van der Waals surface area contributed by atoms with Gasteiger partial charge in [-0.25, -0.2) is 19.2 Å². The third-order valence-corrected chi connectivity index (χ3v) is 13.0. The van der Waals surface area contributed by atoms with Crippen molar-refractivity contribution >= 4 is 28.9 Å². The lowest BCUT2D eigenvalue weighted by Crippen LogP contribution is -2.61. The molecule has 0 radical (unpaired) electrons. The number of esters is 1. The molecule has 0 aromatic carbocycles. The van der Waals surface area contributed by atoms with Crippen LogP contribution in [0.5, 0.6) is 0 Å². The van der Waals surface area contributed by atoms with Gasteiger partial charge < -0.3 is 33.7 Å². The van der Waals surface area contributed by atoms with Crippen LogP contribution < -0.4 is 0 Å². The van der Waals surface area contributed by atoms with Crippen molar-refractivity contribution in [2.45, 2.75) is 128 Å². The van der Waals surface area contributed by atoms with Gasteiger partial charge in [0.15, 0.2) is 12.1 Å². The first kappa shape index (κ1) is 44.7. The highest BCUT2D eigenvalue weighted by Crippen LogP contribution is 2.47. The average Bonchev–Trinajstić information content (AvgIpc) is 3.82. The standard InChI is InChI=1S/C43H58FN3O9S/c1-12-32-43(9)34(25(3)23-53-43)27(5)35(48)24(2)20-41(7,52-17-13-16-33-45-21-29(22-46-33)31-15-14-18-57-31)38(28(6)37(50)42(8,44)40(51)55-32)56-39-36(49)30(47(10)11)19-26(4)54-39/h14-15,18,21-22,24,26-28,30,32,34,36,38-39,49H,3,12,17,19-20,23H2,1-2,4-11H3/t24-,26-,27?,28+,30+,32-,34+,36-,38-,39+,41-,42?,43-/m1/s1. The Balaban J connectivity index is 1.57. The van der Waals surface area contributed by atoms with E-state index >= 15 is 4.39 Å². The van der Waals surface area contributed by atoms with E-state index in [0.29, 0.717) is 12.0 Å². The monoisotopic (exact) mass is 811 g/mol. The molecule has 3 fully saturated rings. The quantitative estimate of drug-likeness (QED) is 0.161. The second kappa shape index (κ2) is 17.8. The molecule has 0 spiro atoms. The number of nitrogens with zero attached hydrogens (tertiary/aromatic N) is 3. The molecule has 14 heteroatoms. The van der Waals surface area contributed by atoms with E-state index in [9.17, 15) is 19.5 Å². The van der Waals surface area contributed by atoms with Crippen LogP contribution in [0.15, 0.2) is 42.1 Å². The van der Waals surface area contributed by atoms with Crippen molar-refractivity contribution in [2.24, 2.45) is 23.7 Å². The average molecular weight is 812 g/mol. The van der Waals surface area contributed by atoms with Crippen LogP contribution in [0.3, 0.4) is 0 Å². The molecule has 0 amide bonds. The fourth-order valence-corrected chi connectivity index (χ4v) is 9.64. The molecule has 2 unspecified atom stereocenters. The molecule has 0 saturated carbocycles. The number of likely N-dealkylation sites (N-methyl/N-ethyl adjacent to an activating group) is 1. The zero-order valence-corrected chi connectivity index (χ0v) is 35.6. The maximum absolute atomic E-state index is 16.9. The summed E-state index contributed by atoms with van der Waals surface area (Å²) in [5.74, 6) is 0.128. The summed E-state index contributed by atoms with van der Waals surface area (Å²) in [5.41, 5.74) is -4.40. The topological polar surface area (TPSA) is 147 Å². The number of ketones is 2. The predicted molar refractivity (Wildman–Crippen MR) is 213 cm³/mol. The maximum Gasteiger partial charge on any atom is 0.351 e. The van der Waals surface area contributed by atoms with Crippen LogP contribution in [0.2, 0.25) is 0 Å². The number of hydrogen-bond donors (Lipinski definition) is 1. The van der Waals surface area contributed by atoms with Crippen LogP contribution >= 0.6 is 11.3 Å². The Morgan fingerprint density at radius 2 is 1.79 bits per heavy atom. The van der Waals surface area contributed by atoms with Gasteiger partial charge in [0.25, 0.3) is 5.67 Å². The Labute approximate surface area is 339 Å². The number of rotatable bonds is 7. The van der Waals surface area contributed by atoms with Crippen molar-refractivity contribution in [3.8, 4) is 22.3 Å². The summed E-state index contributed by atoms with van der Waals surface area (Å²) >= 11 is 1.57. The summed E-state index contributed by atoms with van der Waals surface area (Å²) in [6.45, 7) is 17.0. The highest BCUT2D eigenvalue weighted by molar-refractivity contribution is 7.13. The maximum atomic E-state index is 16.9. The Kier molecular flexibility index (Phi) is 14.0. The first-order valence-corrected chi connectivity index (χ1v) is 20.6. The lowest BCUT2D eigenvalue weighted by molar-refractivity contribution is -0.296. The summed E-state index contributed by atoms with van der Waals surface area (Å²) in [4.78, 5) is 54.4. The zero-order valence-electron chi connectivity index (χ0n) is 34.7. The molecule has 0 bridgehead atoms. The van der Waals surface area contributed by atoms with E-state index in [4.69, 9.17) is 23.7 Å². The number of aliphatic hydroxyl groups excluding tert-OH is 1. The van der Waals surface area contributed by atoms with Crippen LogP contribution in [0.25, 0.3) is 10.4 Å². The number of carbonyl (C=O) groups is 3. The van der Waals surface area contributed by atoms with Crippen LogP contribution in [0.1, 0.15) is 80.5 Å². The molecule has 2 aromatic rings. The normalized spacial score (nSPS) is 38.3. The second-order valence-corrected chi connectivity index (χ2v) is 17.6. The van der Waals surface area contributed by atoms with E-state index in [0.717, 1.165) is 17.4 Å². The molecule has 2 aromatic heterocycles. The Hall–Kier alpha value is -3.42. The number of hydrogen-bond acceptors (Lipinski definition) is 13. The summed E-state index contributed by atoms with van der Waals surface area (Å²) in [6, 6.07) is 3.53. The lowest BCUT2D eigenvalue weighted by Gasteiger charge is -2.47. The molecule has 57 heavy (non-hydrogen) atoms. The number of aromatic nitrogens is 2. The van der Waals surface area contributed by atoms with Crippen LogP contribution in [0, 0.1) is 35.5 Å². The van der Waals surface area contributed by atoms with Gasteiger partial charge in [-0.15, -0.1) is 11.3 Å². The summed E-state index contributed by atoms with van der Waals surface area (Å²) in [7, 11) is 3.66. The number of halogens is 1. The van der Waals surface area contributed by atoms with Gasteiger partial charge in [-0.05, 0) is 84.0 Å². The van der Waals surface area contributed by atoms with Crippen molar-refractivity contribution < 1.29 is 47.6 Å². The van der Waals surface area contributed by atoms with Gasteiger partial charge in [-0.3, -0.25) is 9.59 Å². The number of aliphatic hydroxyl groups is 1. The summed E-state index contributed by atoms with van der Waals surface area (Å²) < 4.78 is 48.3. The van der Waals surface area contributed by atoms with Crippen molar-refractivity contribution in [1.29, 1.82) is 0 Å². The van der Waals surface area contributed by atoms with Crippen LogP contribution in [0.4, 0.5) is 4.39 Å². The molecule has 1 N–H and O–H groups in total. The number of Topliss-reactive ketones (excluding diaryl/α,β-unsaturated/α-hetero) is 2. The first-order chi connectivity index (χ1) is 26.7. The fraction of sp³-hybridized carbons (Fsp3) is 0.651.